The van der Waals surface area contributed by atoms with E-state index < -0.39 is 5.97 Å². The second kappa shape index (κ2) is 7.60. The Morgan fingerprint density at radius 2 is 2.05 bits per heavy atom. The van der Waals surface area contributed by atoms with Gasteiger partial charge in [0.25, 0.3) is 0 Å². The zero-order chi connectivity index (χ0) is 15.2. The maximum atomic E-state index is 11.1. The van der Waals surface area contributed by atoms with Gasteiger partial charge < -0.3 is 10.4 Å². The van der Waals surface area contributed by atoms with Crippen molar-refractivity contribution in [1.82, 2.24) is 5.32 Å². The number of benzene rings is 1. The van der Waals surface area contributed by atoms with E-state index in [9.17, 15) is 4.79 Å². The molecule has 0 radical (unpaired) electrons. The summed E-state index contributed by atoms with van der Waals surface area (Å²) >= 11 is 0. The molecular weight excluding hydrogens is 262 g/mol. The van der Waals surface area contributed by atoms with Gasteiger partial charge >= 0.3 is 5.97 Å². The molecule has 1 aliphatic rings. The van der Waals surface area contributed by atoms with Crippen molar-refractivity contribution in [3.05, 3.63) is 35.4 Å². The van der Waals surface area contributed by atoms with E-state index in [4.69, 9.17) is 5.11 Å². The predicted molar refractivity (Wildman–Crippen MR) is 85.4 cm³/mol. The number of carbonyl (C=O) groups is 1. The fourth-order valence-electron chi connectivity index (χ4n) is 3.28. The van der Waals surface area contributed by atoms with Crippen LogP contribution in [0, 0.1) is 5.92 Å². The molecule has 116 valence electrons. The molecule has 0 heterocycles. The number of hydrogen-bond donors (Lipinski definition) is 2. The van der Waals surface area contributed by atoms with Crippen molar-refractivity contribution >= 4 is 5.97 Å². The molecule has 2 N–H and O–H groups in total. The van der Waals surface area contributed by atoms with Crippen LogP contribution in [0.3, 0.4) is 0 Å². The number of hydrogen-bond acceptors (Lipinski definition) is 2. The Hall–Kier alpha value is -1.35. The van der Waals surface area contributed by atoms with E-state index in [1.54, 1.807) is 0 Å². The molecule has 2 rings (SSSR count). The molecule has 0 saturated heterocycles. The van der Waals surface area contributed by atoms with Crippen molar-refractivity contribution in [2.45, 2.75) is 64.5 Å². The fraction of sp³-hybridized carbons (Fsp3) is 0.611. The third-order valence-corrected chi connectivity index (χ3v) is 4.53. The first kappa shape index (κ1) is 16.0. The first-order valence-corrected chi connectivity index (χ1v) is 8.17. The molecule has 0 spiro atoms. The first-order chi connectivity index (χ1) is 10.1. The minimum Gasteiger partial charge on any atom is -0.481 e. The molecule has 21 heavy (non-hydrogen) atoms. The molecule has 1 saturated carbocycles. The van der Waals surface area contributed by atoms with Crippen molar-refractivity contribution in [1.29, 1.82) is 0 Å². The van der Waals surface area contributed by atoms with Crippen molar-refractivity contribution in [3.63, 3.8) is 0 Å². The summed E-state index contributed by atoms with van der Waals surface area (Å²) in [6.07, 6.45) is 5.98. The Kier molecular flexibility index (Phi) is 5.80. The van der Waals surface area contributed by atoms with Crippen LogP contribution in [0.5, 0.6) is 0 Å². The van der Waals surface area contributed by atoms with Gasteiger partial charge in [-0.25, -0.2) is 0 Å². The van der Waals surface area contributed by atoms with E-state index in [1.807, 2.05) is 0 Å². The highest BCUT2D eigenvalue weighted by Crippen LogP contribution is 2.26. The van der Waals surface area contributed by atoms with E-state index >= 15 is 0 Å². The van der Waals surface area contributed by atoms with Gasteiger partial charge in [0.2, 0.25) is 0 Å². The number of aryl methyl sites for hydroxylation is 1. The highest BCUT2D eigenvalue weighted by atomic mass is 16.4. The third-order valence-electron chi connectivity index (χ3n) is 4.53. The number of carboxylic acids is 1. The van der Waals surface area contributed by atoms with Gasteiger partial charge in [-0.15, -0.1) is 0 Å². The highest BCUT2D eigenvalue weighted by Gasteiger charge is 2.27. The van der Waals surface area contributed by atoms with Gasteiger partial charge in [0.1, 0.15) is 0 Å². The Balaban J connectivity index is 1.91. The van der Waals surface area contributed by atoms with Crippen molar-refractivity contribution in [2.24, 2.45) is 5.92 Å². The molecule has 3 unspecified atom stereocenters. The predicted octanol–water partition coefficient (Wildman–Crippen LogP) is 3.93. The van der Waals surface area contributed by atoms with E-state index in [0.29, 0.717) is 6.04 Å². The maximum Gasteiger partial charge on any atom is 0.306 e. The van der Waals surface area contributed by atoms with Crippen LogP contribution < -0.4 is 5.32 Å². The fourth-order valence-corrected chi connectivity index (χ4v) is 3.28. The number of rotatable bonds is 6. The molecule has 3 atom stereocenters. The molecule has 1 fully saturated rings. The van der Waals surface area contributed by atoms with Crippen LogP contribution in [-0.2, 0) is 11.2 Å². The van der Waals surface area contributed by atoms with E-state index in [1.165, 1.54) is 17.5 Å². The molecule has 0 bridgehead atoms. The van der Waals surface area contributed by atoms with Gasteiger partial charge in [0, 0.05) is 12.1 Å². The van der Waals surface area contributed by atoms with Crippen LogP contribution in [0.25, 0.3) is 0 Å². The van der Waals surface area contributed by atoms with Gasteiger partial charge in [-0.2, -0.15) is 0 Å². The van der Waals surface area contributed by atoms with Gasteiger partial charge in [-0.1, -0.05) is 44.0 Å². The van der Waals surface area contributed by atoms with Gasteiger partial charge in [0.05, 0.1) is 5.92 Å². The maximum absolute atomic E-state index is 11.1. The van der Waals surface area contributed by atoms with Crippen LogP contribution in [0.1, 0.15) is 63.1 Å². The Labute approximate surface area is 127 Å². The molecular formula is C18H27NO2. The SMILES string of the molecule is CCCc1ccc(C(C)NC2CCCC(C(=O)O)C2)cc1. The summed E-state index contributed by atoms with van der Waals surface area (Å²) < 4.78 is 0. The van der Waals surface area contributed by atoms with Crippen LogP contribution >= 0.6 is 0 Å². The van der Waals surface area contributed by atoms with Gasteiger partial charge in [-0.05, 0) is 43.7 Å². The van der Waals surface area contributed by atoms with Crippen molar-refractivity contribution in [2.75, 3.05) is 0 Å². The normalized spacial score (nSPS) is 23.7. The lowest BCUT2D eigenvalue weighted by atomic mass is 9.85. The lowest BCUT2D eigenvalue weighted by Gasteiger charge is -2.30. The molecule has 1 aromatic rings. The standard InChI is InChI=1S/C18H27NO2/c1-3-5-14-8-10-15(11-9-14)13(2)19-17-7-4-6-16(12-17)18(20)21/h8-11,13,16-17,19H,3-7,12H2,1-2H3,(H,20,21). The Morgan fingerprint density at radius 1 is 1.33 bits per heavy atom. The summed E-state index contributed by atoms with van der Waals surface area (Å²) in [5.74, 6) is -0.812. The summed E-state index contributed by atoms with van der Waals surface area (Å²) in [7, 11) is 0. The van der Waals surface area contributed by atoms with Crippen LogP contribution in [0.4, 0.5) is 0 Å². The molecule has 3 nitrogen and oxygen atoms in total. The Bertz CT molecular complexity index is 455. The second-order valence-electron chi connectivity index (χ2n) is 6.28. The van der Waals surface area contributed by atoms with E-state index in [0.717, 1.165) is 32.1 Å². The minimum absolute atomic E-state index is 0.171. The van der Waals surface area contributed by atoms with E-state index in [-0.39, 0.29) is 12.0 Å². The molecule has 0 amide bonds. The highest BCUT2D eigenvalue weighted by molar-refractivity contribution is 5.70. The molecule has 0 aliphatic heterocycles. The van der Waals surface area contributed by atoms with Crippen molar-refractivity contribution in [3.8, 4) is 0 Å². The second-order valence-corrected chi connectivity index (χ2v) is 6.28. The molecule has 0 aromatic heterocycles. The lowest BCUT2D eigenvalue weighted by Crippen LogP contribution is -2.37. The minimum atomic E-state index is -0.641. The summed E-state index contributed by atoms with van der Waals surface area (Å²) in [5, 5.41) is 12.8. The average Bonchev–Trinajstić information content (AvgIpc) is 2.48. The smallest absolute Gasteiger partial charge is 0.306 e. The molecule has 3 heteroatoms. The molecule has 1 aliphatic carbocycles. The Morgan fingerprint density at radius 3 is 2.67 bits per heavy atom. The third kappa shape index (κ3) is 4.57. The van der Waals surface area contributed by atoms with Crippen LogP contribution in [0.2, 0.25) is 0 Å². The average molecular weight is 289 g/mol. The number of nitrogens with one attached hydrogen (secondary N) is 1. The monoisotopic (exact) mass is 289 g/mol. The van der Waals surface area contributed by atoms with Gasteiger partial charge in [-0.3, -0.25) is 4.79 Å². The number of carboxylic acid groups (broad SMARTS) is 1. The molecule has 1 aromatic carbocycles. The lowest BCUT2D eigenvalue weighted by molar-refractivity contribution is -0.143. The van der Waals surface area contributed by atoms with Gasteiger partial charge in [0.15, 0.2) is 0 Å². The van der Waals surface area contributed by atoms with E-state index in [2.05, 4.69) is 43.4 Å². The largest absolute Gasteiger partial charge is 0.481 e. The summed E-state index contributed by atoms with van der Waals surface area (Å²) in [6.45, 7) is 4.36. The summed E-state index contributed by atoms with van der Waals surface area (Å²) in [5.41, 5.74) is 2.67. The number of aliphatic carboxylic acids is 1. The first-order valence-electron chi connectivity index (χ1n) is 8.17. The topological polar surface area (TPSA) is 49.3 Å². The zero-order valence-corrected chi connectivity index (χ0v) is 13.1. The van der Waals surface area contributed by atoms with Crippen LogP contribution in [0.15, 0.2) is 24.3 Å². The van der Waals surface area contributed by atoms with Crippen LogP contribution in [-0.4, -0.2) is 17.1 Å². The summed E-state index contributed by atoms with van der Waals surface area (Å²) in [6, 6.07) is 9.40. The zero-order valence-electron chi connectivity index (χ0n) is 13.1. The summed E-state index contributed by atoms with van der Waals surface area (Å²) in [4.78, 5) is 11.1. The van der Waals surface area contributed by atoms with Crippen molar-refractivity contribution < 1.29 is 9.90 Å². The quantitative estimate of drug-likeness (QED) is 0.834.